The largest absolute Gasteiger partial charge is 0.339 e. The van der Waals surface area contributed by atoms with Crippen LogP contribution in [-0.2, 0) is 9.59 Å². The Hall–Kier alpha value is -3.30. The molecular formula is C19H24N8O2. The molecule has 0 aromatic carbocycles. The van der Waals surface area contributed by atoms with Gasteiger partial charge >= 0.3 is 0 Å². The van der Waals surface area contributed by atoms with E-state index in [1.165, 1.54) is 0 Å². The second-order valence-electron chi connectivity index (χ2n) is 7.01. The van der Waals surface area contributed by atoms with Crippen LogP contribution < -0.4 is 9.80 Å². The van der Waals surface area contributed by atoms with Crippen molar-refractivity contribution in [2.24, 2.45) is 0 Å². The molecule has 2 aromatic rings. The van der Waals surface area contributed by atoms with Gasteiger partial charge in [0.15, 0.2) is 0 Å². The van der Waals surface area contributed by atoms with Crippen LogP contribution in [0, 0.1) is 0 Å². The Kier molecular flexibility index (Phi) is 5.78. The van der Waals surface area contributed by atoms with E-state index in [1.54, 1.807) is 46.7 Å². The van der Waals surface area contributed by atoms with Crippen molar-refractivity contribution in [1.29, 1.82) is 0 Å². The maximum atomic E-state index is 12.6. The first-order valence-electron chi connectivity index (χ1n) is 9.80. The second-order valence-corrected chi connectivity index (χ2v) is 7.01. The molecule has 2 amide bonds. The van der Waals surface area contributed by atoms with Crippen LogP contribution in [0.2, 0.25) is 0 Å². The summed E-state index contributed by atoms with van der Waals surface area (Å²) < 4.78 is 0. The minimum Gasteiger partial charge on any atom is -0.339 e. The van der Waals surface area contributed by atoms with Gasteiger partial charge in [0.05, 0.1) is 0 Å². The third kappa shape index (κ3) is 4.58. The summed E-state index contributed by atoms with van der Waals surface area (Å²) in [5.74, 6) is 1.13. The highest BCUT2D eigenvalue weighted by atomic mass is 16.2. The number of carbonyl (C=O) groups is 2. The molecule has 2 aliphatic rings. The number of anilines is 2. The first-order chi connectivity index (χ1) is 14.2. The van der Waals surface area contributed by atoms with Crippen molar-refractivity contribution in [3.8, 4) is 0 Å². The highest BCUT2D eigenvalue weighted by Crippen LogP contribution is 2.13. The zero-order valence-corrected chi connectivity index (χ0v) is 16.2. The van der Waals surface area contributed by atoms with Crippen LogP contribution in [0.1, 0.15) is 6.42 Å². The summed E-state index contributed by atoms with van der Waals surface area (Å²) in [6.45, 7) is 4.96. The van der Waals surface area contributed by atoms with E-state index in [1.807, 2.05) is 0 Å². The Morgan fingerprint density at radius 2 is 0.966 bits per heavy atom. The Morgan fingerprint density at radius 1 is 0.621 bits per heavy atom. The average Bonchev–Trinajstić information content (AvgIpc) is 2.80. The summed E-state index contributed by atoms with van der Waals surface area (Å²) in [6.07, 6.45) is 6.76. The van der Waals surface area contributed by atoms with E-state index in [4.69, 9.17) is 0 Å². The lowest BCUT2D eigenvalue weighted by molar-refractivity contribution is -0.141. The quantitative estimate of drug-likeness (QED) is 0.647. The Bertz CT molecular complexity index is 749. The maximum Gasteiger partial charge on any atom is 0.232 e. The molecule has 29 heavy (non-hydrogen) atoms. The van der Waals surface area contributed by atoms with Crippen molar-refractivity contribution in [2.45, 2.75) is 6.42 Å². The van der Waals surface area contributed by atoms with Crippen molar-refractivity contribution in [3.63, 3.8) is 0 Å². The van der Waals surface area contributed by atoms with E-state index in [0.717, 1.165) is 0 Å². The van der Waals surface area contributed by atoms with Crippen LogP contribution in [0.4, 0.5) is 11.9 Å². The summed E-state index contributed by atoms with van der Waals surface area (Å²) in [5.41, 5.74) is 0. The lowest BCUT2D eigenvalue weighted by Gasteiger charge is -2.36. The van der Waals surface area contributed by atoms with E-state index in [2.05, 4.69) is 29.7 Å². The van der Waals surface area contributed by atoms with Gasteiger partial charge in [-0.25, -0.2) is 19.9 Å². The normalized spacial score (nSPS) is 17.4. The summed E-state index contributed by atoms with van der Waals surface area (Å²) >= 11 is 0. The standard InChI is InChI=1S/C19H24N8O2/c28-16(24-7-11-26(12-8-24)18-20-3-1-4-21-18)15-17(29)25-9-13-27(14-10-25)19-22-5-2-6-23-19/h1-6H,7-15H2. The molecule has 4 heterocycles. The molecular weight excluding hydrogens is 372 g/mol. The minimum atomic E-state index is -0.113. The SMILES string of the molecule is O=C(CC(=O)N1CCN(c2ncccn2)CC1)N1CCN(c2ncccn2)CC1. The minimum absolute atomic E-state index is 0.0797. The van der Waals surface area contributed by atoms with Gasteiger partial charge in [0, 0.05) is 77.1 Å². The molecule has 0 spiro atoms. The number of hydrogen-bond acceptors (Lipinski definition) is 8. The van der Waals surface area contributed by atoms with Crippen LogP contribution in [0.15, 0.2) is 36.9 Å². The fourth-order valence-corrected chi connectivity index (χ4v) is 3.57. The summed E-state index contributed by atoms with van der Waals surface area (Å²) in [5, 5.41) is 0. The fourth-order valence-electron chi connectivity index (χ4n) is 3.57. The summed E-state index contributed by atoms with van der Waals surface area (Å²) in [4.78, 5) is 49.8. The first kappa shape index (κ1) is 19.0. The number of aromatic nitrogens is 4. The Balaban J connectivity index is 1.23. The van der Waals surface area contributed by atoms with Gasteiger partial charge in [0.2, 0.25) is 23.7 Å². The molecule has 2 saturated heterocycles. The zero-order valence-electron chi connectivity index (χ0n) is 16.2. The predicted molar refractivity (Wildman–Crippen MR) is 106 cm³/mol. The average molecular weight is 396 g/mol. The molecule has 2 fully saturated rings. The summed E-state index contributed by atoms with van der Waals surface area (Å²) in [6, 6.07) is 3.56. The molecule has 0 unspecified atom stereocenters. The number of hydrogen-bond donors (Lipinski definition) is 0. The third-order valence-corrected chi connectivity index (χ3v) is 5.24. The first-order valence-corrected chi connectivity index (χ1v) is 9.80. The molecule has 10 heteroatoms. The van der Waals surface area contributed by atoms with Crippen molar-refractivity contribution < 1.29 is 9.59 Å². The zero-order chi connectivity index (χ0) is 20.1. The molecule has 0 bridgehead atoms. The molecule has 0 aliphatic carbocycles. The van der Waals surface area contributed by atoms with Gasteiger partial charge in [0.25, 0.3) is 0 Å². The van der Waals surface area contributed by atoms with Gasteiger partial charge in [-0.3, -0.25) is 9.59 Å². The highest BCUT2D eigenvalue weighted by Gasteiger charge is 2.27. The van der Waals surface area contributed by atoms with E-state index in [9.17, 15) is 9.59 Å². The molecule has 152 valence electrons. The van der Waals surface area contributed by atoms with Crippen molar-refractivity contribution in [1.82, 2.24) is 29.7 Å². The van der Waals surface area contributed by atoms with Gasteiger partial charge in [-0.15, -0.1) is 0 Å². The van der Waals surface area contributed by atoms with E-state index >= 15 is 0 Å². The second kappa shape index (κ2) is 8.80. The van der Waals surface area contributed by atoms with Crippen LogP contribution in [-0.4, -0.2) is 93.9 Å². The smallest absolute Gasteiger partial charge is 0.232 e. The van der Waals surface area contributed by atoms with E-state index in [-0.39, 0.29) is 18.2 Å². The number of rotatable bonds is 4. The molecule has 0 N–H and O–H groups in total. The molecule has 10 nitrogen and oxygen atoms in total. The topological polar surface area (TPSA) is 98.7 Å². The fraction of sp³-hybridized carbons (Fsp3) is 0.474. The van der Waals surface area contributed by atoms with Crippen LogP contribution in [0.5, 0.6) is 0 Å². The lowest BCUT2D eigenvalue weighted by atomic mass is 10.2. The molecule has 2 aromatic heterocycles. The van der Waals surface area contributed by atoms with Crippen LogP contribution >= 0.6 is 0 Å². The van der Waals surface area contributed by atoms with Gasteiger partial charge in [-0.2, -0.15) is 0 Å². The Labute approximate surface area is 169 Å². The third-order valence-electron chi connectivity index (χ3n) is 5.24. The van der Waals surface area contributed by atoms with Crippen LogP contribution in [0.25, 0.3) is 0 Å². The van der Waals surface area contributed by atoms with Gasteiger partial charge in [-0.1, -0.05) is 0 Å². The highest BCUT2D eigenvalue weighted by molar-refractivity contribution is 5.97. The molecule has 2 aliphatic heterocycles. The van der Waals surface area contributed by atoms with Crippen molar-refractivity contribution in [2.75, 3.05) is 62.2 Å². The van der Waals surface area contributed by atoms with E-state index in [0.29, 0.717) is 64.3 Å². The van der Waals surface area contributed by atoms with Crippen molar-refractivity contribution >= 4 is 23.7 Å². The number of carbonyl (C=O) groups excluding carboxylic acids is 2. The monoisotopic (exact) mass is 396 g/mol. The van der Waals surface area contributed by atoms with Gasteiger partial charge < -0.3 is 19.6 Å². The number of nitrogens with zero attached hydrogens (tertiary/aromatic N) is 8. The van der Waals surface area contributed by atoms with Crippen molar-refractivity contribution in [3.05, 3.63) is 36.9 Å². The molecule has 0 atom stereocenters. The lowest BCUT2D eigenvalue weighted by Crippen LogP contribution is -2.52. The van der Waals surface area contributed by atoms with Gasteiger partial charge in [0.1, 0.15) is 6.42 Å². The predicted octanol–water partition coefficient (Wildman–Crippen LogP) is -0.346. The number of piperazine rings is 2. The molecule has 0 radical (unpaired) electrons. The molecule has 4 rings (SSSR count). The molecule has 0 saturated carbocycles. The van der Waals surface area contributed by atoms with Crippen LogP contribution in [0.3, 0.4) is 0 Å². The summed E-state index contributed by atoms with van der Waals surface area (Å²) in [7, 11) is 0. The van der Waals surface area contributed by atoms with E-state index < -0.39 is 0 Å². The van der Waals surface area contributed by atoms with Gasteiger partial charge in [-0.05, 0) is 12.1 Å². The number of amides is 2. The maximum absolute atomic E-state index is 12.6. The Morgan fingerprint density at radius 3 is 1.31 bits per heavy atom.